The van der Waals surface area contributed by atoms with E-state index in [1.165, 1.54) is 19.2 Å². The van der Waals surface area contributed by atoms with Crippen LogP contribution in [0.4, 0.5) is 5.69 Å². The van der Waals surface area contributed by atoms with Crippen molar-refractivity contribution >= 4 is 68.9 Å². The molecule has 0 aliphatic carbocycles. The van der Waals surface area contributed by atoms with Crippen molar-refractivity contribution in [2.45, 2.75) is 0 Å². The maximum atomic E-state index is 11.4. The zero-order valence-electron chi connectivity index (χ0n) is 15.4. The molecule has 0 aliphatic heterocycles. The van der Waals surface area contributed by atoms with Gasteiger partial charge in [-0.25, -0.2) is 9.59 Å². The number of nitrogens with zero attached hydrogens (tertiary/aromatic N) is 1. The molecule has 7 nitrogen and oxygen atoms in total. The summed E-state index contributed by atoms with van der Waals surface area (Å²) in [5.74, 6) is -0.976. The second kappa shape index (κ2) is 9.54. The lowest BCUT2D eigenvalue weighted by atomic mass is 10.1. The fraction of sp³-hybridized carbons (Fsp3) is 0.167. The Kier molecular flexibility index (Phi) is 7.60. The molecule has 2 aromatic carbocycles. The molecule has 2 N–H and O–H groups in total. The number of hydrogen-bond donors (Lipinski definition) is 2. The molecule has 11 heteroatoms. The third-order valence-corrected chi connectivity index (χ3v) is 4.84. The third kappa shape index (κ3) is 5.05. The highest BCUT2D eigenvalue weighted by Gasteiger charge is 2.13. The number of amides is 1. The molecule has 0 spiro atoms. The monoisotopic (exact) mass is 477 g/mol. The van der Waals surface area contributed by atoms with E-state index in [9.17, 15) is 14.4 Å². The van der Waals surface area contributed by atoms with Crippen molar-refractivity contribution in [3.63, 3.8) is 0 Å². The van der Waals surface area contributed by atoms with Crippen LogP contribution in [0, 0.1) is 0 Å². The molecule has 154 valence electrons. The van der Waals surface area contributed by atoms with Crippen molar-refractivity contribution in [2.75, 3.05) is 19.4 Å². The van der Waals surface area contributed by atoms with Gasteiger partial charge in [0.25, 0.3) is 5.91 Å². The number of carbonyl (C=O) groups excluding carboxylic acids is 1. The number of hydrogen-bond acceptors (Lipinski definition) is 5. The summed E-state index contributed by atoms with van der Waals surface area (Å²) in [6.45, 7) is 0. The van der Waals surface area contributed by atoms with Gasteiger partial charge in [0.15, 0.2) is 0 Å². The summed E-state index contributed by atoms with van der Waals surface area (Å²) >= 11 is 23.3. The van der Waals surface area contributed by atoms with Crippen LogP contribution in [0.2, 0.25) is 20.1 Å². The zero-order chi connectivity index (χ0) is 21.9. The van der Waals surface area contributed by atoms with Crippen LogP contribution >= 0.6 is 46.4 Å². The Bertz CT molecular complexity index is 1200. The Morgan fingerprint density at radius 3 is 2.14 bits per heavy atom. The Morgan fingerprint density at radius 1 is 0.966 bits per heavy atom. The van der Waals surface area contributed by atoms with Gasteiger partial charge >= 0.3 is 11.4 Å². The van der Waals surface area contributed by atoms with E-state index in [0.717, 1.165) is 4.57 Å². The first-order chi connectivity index (χ1) is 13.6. The lowest BCUT2D eigenvalue weighted by molar-refractivity contribution is 0.0964. The van der Waals surface area contributed by atoms with Gasteiger partial charge in [-0.2, -0.15) is 0 Å². The standard InChI is InChI=1S/C9H10Cl2N2O.C9H5Cl2NO3/c1-12-8-6(9(14)13-2)3-5(10)4-7(8)11;1-12-7-5(8(13)15-9(12)14)2-4(10)3-6(7)11/h3-4,12H,1-2H3,(H,13,14);2-3H,1H3. The quantitative estimate of drug-likeness (QED) is 0.575. The van der Waals surface area contributed by atoms with Gasteiger partial charge in [-0.3, -0.25) is 9.36 Å². The van der Waals surface area contributed by atoms with E-state index in [-0.39, 0.29) is 16.3 Å². The number of fused-ring (bicyclic) bond motifs is 1. The van der Waals surface area contributed by atoms with Crippen molar-refractivity contribution in [1.82, 2.24) is 9.88 Å². The number of carbonyl (C=O) groups is 1. The second-order valence-electron chi connectivity index (χ2n) is 5.64. The van der Waals surface area contributed by atoms with Crippen LogP contribution in [-0.4, -0.2) is 24.6 Å². The zero-order valence-corrected chi connectivity index (χ0v) is 18.4. The third-order valence-electron chi connectivity index (χ3n) is 3.81. The van der Waals surface area contributed by atoms with E-state index in [2.05, 4.69) is 15.1 Å². The van der Waals surface area contributed by atoms with E-state index < -0.39 is 11.4 Å². The summed E-state index contributed by atoms with van der Waals surface area (Å²) in [4.78, 5) is 34.0. The molecule has 0 aliphatic rings. The maximum absolute atomic E-state index is 11.4. The lowest BCUT2D eigenvalue weighted by Crippen LogP contribution is -2.22. The highest BCUT2D eigenvalue weighted by molar-refractivity contribution is 6.38. The second-order valence-corrected chi connectivity index (χ2v) is 7.32. The van der Waals surface area contributed by atoms with Gasteiger partial charge in [-0.1, -0.05) is 46.4 Å². The highest BCUT2D eigenvalue weighted by Crippen LogP contribution is 2.29. The molecule has 0 saturated carbocycles. The molecule has 0 fully saturated rings. The van der Waals surface area contributed by atoms with Gasteiger partial charge in [0.05, 0.1) is 32.2 Å². The van der Waals surface area contributed by atoms with Crippen molar-refractivity contribution in [3.8, 4) is 0 Å². The SMILES string of the molecule is CNC(=O)c1cc(Cl)cc(Cl)c1NC.Cn1c(=O)oc(=O)c2cc(Cl)cc(Cl)c21. The minimum Gasteiger partial charge on any atom is -0.386 e. The normalized spacial score (nSPS) is 10.3. The van der Waals surface area contributed by atoms with Crippen LogP contribution in [0.15, 0.2) is 38.3 Å². The summed E-state index contributed by atoms with van der Waals surface area (Å²) in [5, 5.41) is 6.98. The van der Waals surface area contributed by atoms with Crippen molar-refractivity contribution in [1.29, 1.82) is 0 Å². The van der Waals surface area contributed by atoms with Crippen molar-refractivity contribution in [2.24, 2.45) is 7.05 Å². The minimum absolute atomic E-state index is 0.189. The largest absolute Gasteiger partial charge is 0.422 e. The smallest absolute Gasteiger partial charge is 0.386 e. The van der Waals surface area contributed by atoms with Crippen LogP contribution in [-0.2, 0) is 7.05 Å². The Balaban J connectivity index is 0.000000208. The van der Waals surface area contributed by atoms with Gasteiger partial charge in [-0.05, 0) is 24.3 Å². The summed E-state index contributed by atoms with van der Waals surface area (Å²) < 4.78 is 5.63. The van der Waals surface area contributed by atoms with Crippen LogP contribution < -0.4 is 22.0 Å². The molecular weight excluding hydrogens is 464 g/mol. The molecule has 3 rings (SSSR count). The predicted octanol–water partition coefficient (Wildman–Crippen LogP) is 4.19. The topological polar surface area (TPSA) is 93.3 Å². The van der Waals surface area contributed by atoms with E-state index in [4.69, 9.17) is 46.4 Å². The molecule has 3 aromatic rings. The van der Waals surface area contributed by atoms with E-state index in [1.54, 1.807) is 26.2 Å². The van der Waals surface area contributed by atoms with Crippen LogP contribution in [0.3, 0.4) is 0 Å². The number of anilines is 1. The number of halogens is 4. The fourth-order valence-electron chi connectivity index (χ4n) is 2.50. The molecule has 0 atom stereocenters. The highest BCUT2D eigenvalue weighted by atomic mass is 35.5. The van der Waals surface area contributed by atoms with Gasteiger partial charge in [0, 0.05) is 31.2 Å². The number of nitrogens with one attached hydrogen (secondary N) is 2. The molecule has 1 amide bonds. The Morgan fingerprint density at radius 2 is 1.55 bits per heavy atom. The maximum Gasteiger partial charge on any atom is 0.422 e. The Hall–Kier alpha value is -2.19. The number of benzene rings is 2. The number of rotatable bonds is 2. The minimum atomic E-state index is -0.753. The van der Waals surface area contributed by atoms with Crippen LogP contribution in [0.1, 0.15) is 10.4 Å². The molecule has 1 aromatic heterocycles. The van der Waals surface area contributed by atoms with Crippen molar-refractivity contribution < 1.29 is 9.21 Å². The summed E-state index contributed by atoms with van der Waals surface area (Å²) in [7, 11) is 4.71. The molecule has 0 unspecified atom stereocenters. The first kappa shape index (κ1) is 23.1. The van der Waals surface area contributed by atoms with E-state index in [0.29, 0.717) is 31.8 Å². The molecule has 0 saturated heterocycles. The number of aromatic nitrogens is 1. The average Bonchev–Trinajstić information content (AvgIpc) is 2.65. The van der Waals surface area contributed by atoms with E-state index in [1.807, 2.05) is 0 Å². The van der Waals surface area contributed by atoms with Gasteiger partial charge in [0.2, 0.25) is 0 Å². The van der Waals surface area contributed by atoms with Gasteiger partial charge < -0.3 is 15.1 Å². The Labute approximate surface area is 185 Å². The van der Waals surface area contributed by atoms with Crippen molar-refractivity contribution in [3.05, 3.63) is 70.9 Å². The molecule has 29 heavy (non-hydrogen) atoms. The summed E-state index contributed by atoms with van der Waals surface area (Å²) in [6, 6.07) is 6.03. The van der Waals surface area contributed by atoms with Crippen LogP contribution in [0.5, 0.6) is 0 Å². The molecule has 1 heterocycles. The number of aryl methyl sites for hydroxylation is 1. The lowest BCUT2D eigenvalue weighted by Gasteiger charge is -2.10. The predicted molar refractivity (Wildman–Crippen MR) is 117 cm³/mol. The summed E-state index contributed by atoms with van der Waals surface area (Å²) in [5.41, 5.74) is 0.600. The summed E-state index contributed by atoms with van der Waals surface area (Å²) in [6.07, 6.45) is 0. The van der Waals surface area contributed by atoms with Gasteiger partial charge in [-0.15, -0.1) is 0 Å². The first-order valence-corrected chi connectivity index (χ1v) is 9.49. The molecule has 0 bridgehead atoms. The molecule has 0 radical (unpaired) electrons. The van der Waals surface area contributed by atoms with E-state index >= 15 is 0 Å². The van der Waals surface area contributed by atoms with Crippen LogP contribution in [0.25, 0.3) is 10.9 Å². The first-order valence-electron chi connectivity index (χ1n) is 7.98. The fourth-order valence-corrected chi connectivity index (χ4v) is 3.71. The average molecular weight is 479 g/mol. The van der Waals surface area contributed by atoms with Gasteiger partial charge in [0.1, 0.15) is 0 Å². The molecular formula is C18H15Cl4N3O4.